The van der Waals surface area contributed by atoms with E-state index in [1.165, 1.54) is 7.11 Å². The molecule has 3 rings (SSSR count). The van der Waals surface area contributed by atoms with Crippen LogP contribution in [0.2, 0.25) is 0 Å². The molecule has 30 heavy (non-hydrogen) atoms. The maximum atomic E-state index is 12.2. The van der Waals surface area contributed by atoms with Gasteiger partial charge in [0.2, 0.25) is 11.8 Å². The van der Waals surface area contributed by atoms with E-state index in [0.717, 1.165) is 12.2 Å². The van der Waals surface area contributed by atoms with Gasteiger partial charge in [-0.25, -0.2) is 14.8 Å². The van der Waals surface area contributed by atoms with Crippen molar-refractivity contribution in [2.45, 2.75) is 19.3 Å². The van der Waals surface area contributed by atoms with E-state index in [1.54, 1.807) is 23.6 Å². The molecule has 0 aliphatic carbocycles. The second kappa shape index (κ2) is 10.6. The number of ether oxygens (including phenoxy) is 2. The van der Waals surface area contributed by atoms with E-state index < -0.39 is 12.1 Å². The van der Waals surface area contributed by atoms with Crippen LogP contribution in [-0.2, 0) is 27.4 Å². The molecule has 3 heterocycles. The Morgan fingerprint density at radius 2 is 2.03 bits per heavy atom. The third-order valence-corrected chi connectivity index (χ3v) is 4.05. The summed E-state index contributed by atoms with van der Waals surface area (Å²) in [6.45, 7) is 2.51. The Morgan fingerprint density at radius 3 is 2.63 bits per heavy atom. The number of pyridine rings is 1. The van der Waals surface area contributed by atoms with E-state index in [9.17, 15) is 18.0 Å². The first-order valence-electron chi connectivity index (χ1n) is 8.80. The van der Waals surface area contributed by atoms with Crippen LogP contribution in [0.15, 0.2) is 36.9 Å². The molecule has 0 aromatic carbocycles. The number of carbonyl (C=O) groups is 2. The number of amides is 1. The van der Waals surface area contributed by atoms with Crippen molar-refractivity contribution in [1.82, 2.24) is 19.4 Å². The summed E-state index contributed by atoms with van der Waals surface area (Å²) in [6.07, 6.45) is 0.216. The number of hydrogen-bond donors (Lipinski definition) is 1. The molecule has 2 aromatic rings. The van der Waals surface area contributed by atoms with Crippen molar-refractivity contribution in [1.29, 1.82) is 0 Å². The second-order valence-corrected chi connectivity index (χ2v) is 6.39. The minimum Gasteiger partial charge on any atom is -0.477 e. The normalized spacial score (nSPS) is 16.0. The topological polar surface area (TPSA) is 107 Å². The fourth-order valence-electron chi connectivity index (χ4n) is 2.70. The third-order valence-electron chi connectivity index (χ3n) is 4.05. The van der Waals surface area contributed by atoms with Crippen molar-refractivity contribution >= 4 is 11.9 Å². The molecule has 164 valence electrons. The molecule has 0 saturated carbocycles. The van der Waals surface area contributed by atoms with Gasteiger partial charge in [-0.3, -0.25) is 4.79 Å². The van der Waals surface area contributed by atoms with E-state index in [0.29, 0.717) is 25.6 Å². The summed E-state index contributed by atoms with van der Waals surface area (Å²) in [5.74, 6) is -2.02. The van der Waals surface area contributed by atoms with Crippen molar-refractivity contribution < 1.29 is 37.3 Å². The van der Waals surface area contributed by atoms with Crippen LogP contribution in [0.25, 0.3) is 0 Å². The molecule has 1 aliphatic rings. The van der Waals surface area contributed by atoms with E-state index in [1.807, 2.05) is 18.2 Å². The number of carbonyl (C=O) groups excluding carboxylic acids is 1. The lowest BCUT2D eigenvalue weighted by atomic mass is 10.1. The Labute approximate surface area is 170 Å². The number of methoxy groups -OCH3 is 1. The maximum Gasteiger partial charge on any atom is 0.490 e. The molecule has 1 unspecified atom stereocenters. The highest BCUT2D eigenvalue weighted by Gasteiger charge is 2.38. The average molecular weight is 430 g/mol. The number of fused-ring (bicyclic) bond motifs is 1. The van der Waals surface area contributed by atoms with Gasteiger partial charge in [-0.15, -0.1) is 0 Å². The third kappa shape index (κ3) is 7.03. The number of nitrogens with zero attached hydrogens (tertiary/aromatic N) is 4. The van der Waals surface area contributed by atoms with Gasteiger partial charge >= 0.3 is 12.1 Å². The Bertz CT molecular complexity index is 829. The van der Waals surface area contributed by atoms with Crippen molar-refractivity contribution in [3.8, 4) is 5.88 Å². The van der Waals surface area contributed by atoms with Crippen molar-refractivity contribution in [3.05, 3.63) is 42.6 Å². The predicted molar refractivity (Wildman–Crippen MR) is 96.4 cm³/mol. The second-order valence-electron chi connectivity index (χ2n) is 6.39. The van der Waals surface area contributed by atoms with Crippen LogP contribution in [-0.4, -0.2) is 69.5 Å². The van der Waals surface area contributed by atoms with Gasteiger partial charge in [0.25, 0.3) is 0 Å². The predicted octanol–water partition coefficient (Wildman–Crippen LogP) is 1.60. The zero-order valence-corrected chi connectivity index (χ0v) is 16.1. The molecule has 9 nitrogen and oxygen atoms in total. The lowest BCUT2D eigenvalue weighted by Gasteiger charge is -2.24. The molecular formula is C18H21F3N4O5. The monoisotopic (exact) mass is 430 g/mol. The van der Waals surface area contributed by atoms with Crippen LogP contribution in [0.3, 0.4) is 0 Å². The lowest BCUT2D eigenvalue weighted by molar-refractivity contribution is -0.192. The van der Waals surface area contributed by atoms with Gasteiger partial charge < -0.3 is 24.0 Å². The number of alkyl halides is 3. The zero-order chi connectivity index (χ0) is 22.1. The SMILES string of the molecule is COCC(=O)N1Cc2cncn2CC(COc2ccccn2)C1.O=C(O)C(F)(F)F. The van der Waals surface area contributed by atoms with E-state index in [-0.39, 0.29) is 18.4 Å². The fraction of sp³-hybridized carbons (Fsp3) is 0.444. The van der Waals surface area contributed by atoms with Gasteiger partial charge in [-0.1, -0.05) is 6.07 Å². The molecule has 1 N–H and O–H groups in total. The summed E-state index contributed by atoms with van der Waals surface area (Å²) in [7, 11) is 1.53. The number of carboxylic acid groups (broad SMARTS) is 1. The van der Waals surface area contributed by atoms with Gasteiger partial charge in [-0.2, -0.15) is 13.2 Å². The minimum atomic E-state index is -5.08. The molecule has 2 aromatic heterocycles. The summed E-state index contributed by atoms with van der Waals surface area (Å²) in [5.41, 5.74) is 1.02. The summed E-state index contributed by atoms with van der Waals surface area (Å²) >= 11 is 0. The maximum absolute atomic E-state index is 12.2. The van der Waals surface area contributed by atoms with Crippen LogP contribution in [0.1, 0.15) is 5.69 Å². The minimum absolute atomic E-state index is 0.0232. The number of carboxylic acids is 1. The highest BCUT2D eigenvalue weighted by Crippen LogP contribution is 2.18. The molecular weight excluding hydrogens is 409 g/mol. The van der Waals surface area contributed by atoms with Crippen LogP contribution < -0.4 is 4.74 Å². The first-order chi connectivity index (χ1) is 14.2. The summed E-state index contributed by atoms with van der Waals surface area (Å²) in [4.78, 5) is 31.3. The summed E-state index contributed by atoms with van der Waals surface area (Å²) in [6, 6.07) is 5.56. The zero-order valence-electron chi connectivity index (χ0n) is 16.1. The van der Waals surface area contributed by atoms with E-state index in [2.05, 4.69) is 14.5 Å². The average Bonchev–Trinajstić information content (AvgIpc) is 3.05. The van der Waals surface area contributed by atoms with Crippen LogP contribution >= 0.6 is 0 Å². The summed E-state index contributed by atoms with van der Waals surface area (Å²) < 4.78 is 44.6. The van der Waals surface area contributed by atoms with Crippen LogP contribution in [0.4, 0.5) is 13.2 Å². The quantitative estimate of drug-likeness (QED) is 0.768. The number of imidazole rings is 1. The van der Waals surface area contributed by atoms with E-state index in [4.69, 9.17) is 19.4 Å². The molecule has 1 atom stereocenters. The number of aliphatic carboxylic acids is 1. The smallest absolute Gasteiger partial charge is 0.477 e. The van der Waals surface area contributed by atoms with Crippen LogP contribution in [0, 0.1) is 5.92 Å². The first kappa shape index (κ1) is 23.1. The molecule has 1 aliphatic heterocycles. The molecule has 0 radical (unpaired) electrons. The highest BCUT2D eigenvalue weighted by atomic mass is 19.4. The van der Waals surface area contributed by atoms with Gasteiger partial charge in [0.15, 0.2) is 0 Å². The Kier molecular flexibility index (Phi) is 8.16. The molecule has 0 saturated heterocycles. The largest absolute Gasteiger partial charge is 0.490 e. The van der Waals surface area contributed by atoms with Gasteiger partial charge in [0.05, 0.1) is 25.2 Å². The molecule has 12 heteroatoms. The highest BCUT2D eigenvalue weighted by molar-refractivity contribution is 5.77. The number of aromatic nitrogens is 3. The van der Waals surface area contributed by atoms with Crippen molar-refractivity contribution in [2.75, 3.05) is 26.9 Å². The van der Waals surface area contributed by atoms with Crippen molar-refractivity contribution in [3.63, 3.8) is 0 Å². The Morgan fingerprint density at radius 1 is 1.30 bits per heavy atom. The molecule has 1 amide bonds. The van der Waals surface area contributed by atoms with Crippen molar-refractivity contribution in [2.24, 2.45) is 5.92 Å². The molecule has 0 fully saturated rings. The van der Waals surface area contributed by atoms with Gasteiger partial charge in [-0.05, 0) is 6.07 Å². The van der Waals surface area contributed by atoms with Gasteiger partial charge in [0, 0.05) is 44.6 Å². The number of halogens is 3. The molecule has 0 bridgehead atoms. The number of hydrogen-bond acceptors (Lipinski definition) is 6. The Hall–Kier alpha value is -3.15. The fourth-order valence-corrected chi connectivity index (χ4v) is 2.70. The standard InChI is InChI=1S/C16H20N4O3.C2HF3O2/c1-22-11-16(21)19-7-13(8-20-12-17-6-14(20)9-19)10-23-15-4-2-3-5-18-15;3-2(4,5)1(6)7/h2-6,12-13H,7-11H2,1H3;(H,6,7). The van der Waals surface area contributed by atoms with Gasteiger partial charge in [0.1, 0.15) is 6.61 Å². The molecule has 0 spiro atoms. The lowest BCUT2D eigenvalue weighted by Crippen LogP contribution is -2.37. The van der Waals surface area contributed by atoms with Crippen LogP contribution in [0.5, 0.6) is 5.88 Å². The number of rotatable bonds is 5. The Balaban J connectivity index is 0.000000396. The first-order valence-corrected chi connectivity index (χ1v) is 8.80. The van der Waals surface area contributed by atoms with E-state index >= 15 is 0 Å². The summed E-state index contributed by atoms with van der Waals surface area (Å²) in [5, 5.41) is 7.12.